The van der Waals surface area contributed by atoms with Crippen molar-refractivity contribution >= 4 is 21.8 Å². The summed E-state index contributed by atoms with van der Waals surface area (Å²) in [5.41, 5.74) is 1.71. The molecule has 0 atom stereocenters. The topological polar surface area (TPSA) is 69.0 Å². The minimum absolute atomic E-state index is 0.0375. The van der Waals surface area contributed by atoms with Gasteiger partial charge < -0.3 is 10.1 Å². The van der Waals surface area contributed by atoms with Crippen LogP contribution in [0.15, 0.2) is 28.7 Å². The number of alkyl halides is 3. The second kappa shape index (κ2) is 7.75. The molecule has 1 aromatic heterocycles. The highest BCUT2D eigenvalue weighted by molar-refractivity contribution is 9.10. The summed E-state index contributed by atoms with van der Waals surface area (Å²) in [6.45, 7) is -1.61. The van der Waals surface area contributed by atoms with E-state index in [0.29, 0.717) is 0 Å². The van der Waals surface area contributed by atoms with Gasteiger partial charge in [0, 0.05) is 16.9 Å². The minimum Gasteiger partial charge on any atom is -0.370 e. The van der Waals surface area contributed by atoms with E-state index < -0.39 is 18.7 Å². The Labute approximate surface area is 155 Å². The number of ether oxygens (including phenoxy) is 1. The van der Waals surface area contributed by atoms with Crippen molar-refractivity contribution in [1.29, 1.82) is 0 Å². The molecule has 140 valence electrons. The van der Waals surface area contributed by atoms with E-state index in [1.807, 2.05) is 24.3 Å². The Morgan fingerprint density at radius 2 is 2.00 bits per heavy atom. The van der Waals surface area contributed by atoms with Crippen molar-refractivity contribution < 1.29 is 22.7 Å². The predicted octanol–water partition coefficient (Wildman–Crippen LogP) is 3.22. The molecule has 2 aromatic rings. The molecule has 1 heterocycles. The van der Waals surface area contributed by atoms with Gasteiger partial charge in [-0.3, -0.25) is 4.79 Å². The number of halogens is 4. The van der Waals surface area contributed by atoms with E-state index in [1.54, 1.807) is 4.68 Å². The van der Waals surface area contributed by atoms with E-state index in [4.69, 9.17) is 0 Å². The zero-order valence-corrected chi connectivity index (χ0v) is 15.2. The van der Waals surface area contributed by atoms with Crippen molar-refractivity contribution in [3.63, 3.8) is 0 Å². The summed E-state index contributed by atoms with van der Waals surface area (Å²) in [5, 5.41) is 10.6. The van der Waals surface area contributed by atoms with Gasteiger partial charge in [-0.05, 0) is 37.1 Å². The van der Waals surface area contributed by atoms with Crippen LogP contribution in [0.3, 0.4) is 0 Å². The molecule has 0 radical (unpaired) electrons. The molecule has 1 N–H and O–H groups in total. The lowest BCUT2D eigenvalue weighted by Crippen LogP contribution is -2.29. The number of carbonyl (C=O) groups excluding carboxylic acids is 1. The number of carbonyl (C=O) groups is 1. The number of hydrogen-bond donors (Lipinski definition) is 1. The molecule has 0 unspecified atom stereocenters. The molecule has 1 saturated carbocycles. The second-order valence-corrected chi connectivity index (χ2v) is 6.83. The molecule has 1 aromatic carbocycles. The molecule has 0 bridgehead atoms. The van der Waals surface area contributed by atoms with Crippen molar-refractivity contribution in [1.82, 2.24) is 20.3 Å². The van der Waals surface area contributed by atoms with E-state index in [-0.39, 0.29) is 24.8 Å². The largest absolute Gasteiger partial charge is 0.411 e. The fourth-order valence-electron chi connectivity index (χ4n) is 2.46. The summed E-state index contributed by atoms with van der Waals surface area (Å²) >= 11 is 3.37. The molecule has 6 nitrogen and oxygen atoms in total. The molecule has 10 heteroatoms. The molecule has 3 rings (SSSR count). The number of rotatable bonds is 7. The Balaban J connectivity index is 1.66. The third-order valence-corrected chi connectivity index (χ3v) is 4.28. The van der Waals surface area contributed by atoms with Crippen LogP contribution in [0.4, 0.5) is 13.2 Å². The number of benzene rings is 1. The van der Waals surface area contributed by atoms with Gasteiger partial charge in [-0.15, -0.1) is 5.10 Å². The standard InChI is InChI=1S/C16H16BrF3N4O2/c17-11-3-5-12(6-4-11)24-14(10-1-2-10)13(22-23-24)15(25)21-7-8-26-9-16(18,19)20/h3-6,10H,1-2,7-9H2,(H,21,25). The van der Waals surface area contributed by atoms with E-state index in [1.165, 1.54) is 0 Å². The average molecular weight is 433 g/mol. The Morgan fingerprint density at radius 1 is 1.31 bits per heavy atom. The maximum Gasteiger partial charge on any atom is 0.411 e. The van der Waals surface area contributed by atoms with Crippen LogP contribution < -0.4 is 5.32 Å². The second-order valence-electron chi connectivity index (χ2n) is 5.91. The summed E-state index contributed by atoms with van der Waals surface area (Å²) in [6.07, 6.45) is -2.49. The first-order valence-electron chi connectivity index (χ1n) is 7.99. The van der Waals surface area contributed by atoms with Crippen molar-refractivity contribution in [2.24, 2.45) is 0 Å². The Kier molecular flexibility index (Phi) is 5.61. The number of aromatic nitrogens is 3. The van der Waals surface area contributed by atoms with Gasteiger partial charge in [0.1, 0.15) is 6.61 Å². The van der Waals surface area contributed by atoms with Crippen LogP contribution in [0.2, 0.25) is 0 Å². The normalized spacial score (nSPS) is 14.5. The van der Waals surface area contributed by atoms with E-state index in [9.17, 15) is 18.0 Å². The molecule has 0 spiro atoms. The zero-order chi connectivity index (χ0) is 18.7. The highest BCUT2D eigenvalue weighted by Crippen LogP contribution is 2.42. The third kappa shape index (κ3) is 4.82. The van der Waals surface area contributed by atoms with Gasteiger partial charge in [0.2, 0.25) is 0 Å². The van der Waals surface area contributed by atoms with Gasteiger partial charge >= 0.3 is 6.18 Å². The minimum atomic E-state index is -4.38. The first kappa shape index (κ1) is 18.8. The van der Waals surface area contributed by atoms with Crippen LogP contribution in [0, 0.1) is 0 Å². The van der Waals surface area contributed by atoms with Gasteiger partial charge in [0.25, 0.3) is 5.91 Å². The van der Waals surface area contributed by atoms with Gasteiger partial charge in [-0.1, -0.05) is 21.1 Å². The predicted molar refractivity (Wildman–Crippen MR) is 90.2 cm³/mol. The summed E-state index contributed by atoms with van der Waals surface area (Å²) in [4.78, 5) is 12.3. The summed E-state index contributed by atoms with van der Waals surface area (Å²) in [5.74, 6) is -0.262. The zero-order valence-electron chi connectivity index (χ0n) is 13.6. The maximum absolute atomic E-state index is 12.3. The first-order valence-corrected chi connectivity index (χ1v) is 8.78. The highest BCUT2D eigenvalue weighted by Gasteiger charge is 2.34. The number of nitrogens with one attached hydrogen (secondary N) is 1. The molecule has 1 fully saturated rings. The van der Waals surface area contributed by atoms with Crippen LogP contribution in [-0.2, 0) is 4.74 Å². The lowest BCUT2D eigenvalue weighted by Gasteiger charge is -2.09. The van der Waals surface area contributed by atoms with Gasteiger partial charge in [0.05, 0.1) is 18.0 Å². The fourth-order valence-corrected chi connectivity index (χ4v) is 2.72. The maximum atomic E-state index is 12.3. The number of hydrogen-bond acceptors (Lipinski definition) is 4. The molecule has 0 aliphatic heterocycles. The van der Waals surface area contributed by atoms with Crippen molar-refractivity contribution in [3.8, 4) is 5.69 Å². The van der Waals surface area contributed by atoms with E-state index in [2.05, 4.69) is 36.3 Å². The average Bonchev–Trinajstić information content (AvgIpc) is 3.32. The third-order valence-electron chi connectivity index (χ3n) is 3.75. The lowest BCUT2D eigenvalue weighted by atomic mass is 10.2. The molecule has 26 heavy (non-hydrogen) atoms. The first-order chi connectivity index (χ1) is 12.3. The quantitative estimate of drug-likeness (QED) is 0.682. The van der Waals surface area contributed by atoms with E-state index in [0.717, 1.165) is 28.7 Å². The van der Waals surface area contributed by atoms with Crippen LogP contribution in [-0.4, -0.2) is 46.8 Å². The van der Waals surface area contributed by atoms with Gasteiger partial charge in [-0.25, -0.2) is 4.68 Å². The molecule has 1 amide bonds. The molecule has 0 saturated heterocycles. The molecule has 1 aliphatic rings. The molecular weight excluding hydrogens is 417 g/mol. The Hall–Kier alpha value is -1.94. The van der Waals surface area contributed by atoms with Crippen molar-refractivity contribution in [3.05, 3.63) is 40.1 Å². The molecular formula is C16H16BrF3N4O2. The van der Waals surface area contributed by atoms with Crippen LogP contribution in [0.5, 0.6) is 0 Å². The van der Waals surface area contributed by atoms with E-state index >= 15 is 0 Å². The van der Waals surface area contributed by atoms with Crippen molar-refractivity contribution in [2.45, 2.75) is 24.9 Å². The number of amides is 1. The molecule has 1 aliphatic carbocycles. The summed E-state index contributed by atoms with van der Waals surface area (Å²) in [7, 11) is 0. The van der Waals surface area contributed by atoms with Gasteiger partial charge in [0.15, 0.2) is 5.69 Å². The fraction of sp³-hybridized carbons (Fsp3) is 0.438. The number of nitrogens with zero attached hydrogens (tertiary/aromatic N) is 3. The van der Waals surface area contributed by atoms with Gasteiger partial charge in [-0.2, -0.15) is 13.2 Å². The Bertz CT molecular complexity index is 773. The SMILES string of the molecule is O=C(NCCOCC(F)(F)F)c1nnn(-c2ccc(Br)cc2)c1C1CC1. The monoisotopic (exact) mass is 432 g/mol. The van der Waals surface area contributed by atoms with Crippen LogP contribution >= 0.6 is 15.9 Å². The van der Waals surface area contributed by atoms with Crippen molar-refractivity contribution in [2.75, 3.05) is 19.8 Å². The lowest BCUT2D eigenvalue weighted by molar-refractivity contribution is -0.173. The summed E-state index contributed by atoms with van der Waals surface area (Å²) < 4.78 is 43.1. The smallest absolute Gasteiger partial charge is 0.370 e. The van der Waals surface area contributed by atoms with Crippen LogP contribution in [0.1, 0.15) is 34.9 Å². The van der Waals surface area contributed by atoms with Crippen LogP contribution in [0.25, 0.3) is 5.69 Å². The highest BCUT2D eigenvalue weighted by atomic mass is 79.9. The summed E-state index contributed by atoms with van der Waals surface area (Å²) in [6, 6.07) is 7.45. The Morgan fingerprint density at radius 3 is 2.62 bits per heavy atom.